The fourth-order valence-corrected chi connectivity index (χ4v) is 2.38. The van der Waals surface area contributed by atoms with Crippen molar-refractivity contribution < 1.29 is 14.3 Å². The normalized spacial score (nSPS) is 15.9. The van der Waals surface area contributed by atoms with E-state index in [2.05, 4.69) is 5.32 Å². The van der Waals surface area contributed by atoms with Gasteiger partial charge in [-0.1, -0.05) is 42.5 Å². The first-order valence-corrected chi connectivity index (χ1v) is 7.20. The molecule has 2 aromatic rings. The van der Waals surface area contributed by atoms with Gasteiger partial charge in [0.2, 0.25) is 0 Å². The summed E-state index contributed by atoms with van der Waals surface area (Å²) in [6.45, 7) is 0.251. The van der Waals surface area contributed by atoms with Crippen molar-refractivity contribution in [2.45, 2.75) is 6.54 Å². The molecule has 1 fully saturated rings. The van der Waals surface area contributed by atoms with Gasteiger partial charge in [-0.15, -0.1) is 0 Å². The zero-order chi connectivity index (χ0) is 16.2. The lowest BCUT2D eigenvalue weighted by atomic mass is 10.1. The van der Waals surface area contributed by atoms with Crippen LogP contribution < -0.4 is 10.1 Å². The Morgan fingerprint density at radius 2 is 1.87 bits per heavy atom. The van der Waals surface area contributed by atoms with Crippen LogP contribution in [0, 0.1) is 0 Å². The number of urea groups is 1. The number of rotatable bonds is 4. The molecule has 116 valence electrons. The van der Waals surface area contributed by atoms with Crippen LogP contribution >= 0.6 is 0 Å². The van der Waals surface area contributed by atoms with E-state index in [1.165, 1.54) is 4.90 Å². The van der Waals surface area contributed by atoms with Crippen LogP contribution in [0.3, 0.4) is 0 Å². The number of nitrogens with zero attached hydrogens (tertiary/aromatic N) is 1. The average Bonchev–Trinajstić information content (AvgIpc) is 2.83. The molecule has 5 nitrogen and oxygen atoms in total. The maximum atomic E-state index is 12.4. The number of hydrogen-bond acceptors (Lipinski definition) is 3. The van der Waals surface area contributed by atoms with Gasteiger partial charge in [0, 0.05) is 0 Å². The molecule has 1 N–H and O–H groups in total. The molecule has 1 saturated heterocycles. The highest BCUT2D eigenvalue weighted by Crippen LogP contribution is 2.19. The topological polar surface area (TPSA) is 58.6 Å². The predicted octanol–water partition coefficient (Wildman–Crippen LogP) is 2.79. The van der Waals surface area contributed by atoms with Crippen molar-refractivity contribution in [3.8, 4) is 5.75 Å². The molecule has 1 aliphatic rings. The van der Waals surface area contributed by atoms with Crippen molar-refractivity contribution >= 4 is 18.0 Å². The third kappa shape index (κ3) is 3.23. The van der Waals surface area contributed by atoms with Gasteiger partial charge in [0.15, 0.2) is 0 Å². The minimum absolute atomic E-state index is 0.251. The van der Waals surface area contributed by atoms with E-state index in [1.807, 2.05) is 48.5 Å². The van der Waals surface area contributed by atoms with Crippen LogP contribution in [0.2, 0.25) is 0 Å². The molecule has 0 aromatic heterocycles. The molecule has 5 heteroatoms. The lowest BCUT2D eigenvalue weighted by molar-refractivity contribution is -0.123. The van der Waals surface area contributed by atoms with Crippen LogP contribution in [-0.2, 0) is 11.3 Å². The number of ether oxygens (including phenoxy) is 1. The van der Waals surface area contributed by atoms with Gasteiger partial charge in [0.05, 0.1) is 13.7 Å². The van der Waals surface area contributed by atoms with Gasteiger partial charge in [-0.05, 0) is 29.3 Å². The smallest absolute Gasteiger partial charge is 0.329 e. The first kappa shape index (κ1) is 14.8. The number of amides is 3. The van der Waals surface area contributed by atoms with E-state index in [0.717, 1.165) is 11.1 Å². The van der Waals surface area contributed by atoms with Gasteiger partial charge >= 0.3 is 6.03 Å². The molecular formula is C18H16N2O3. The summed E-state index contributed by atoms with van der Waals surface area (Å²) in [5.74, 6) is 0.360. The van der Waals surface area contributed by atoms with E-state index in [0.29, 0.717) is 5.75 Å². The zero-order valence-corrected chi connectivity index (χ0v) is 12.7. The number of carbonyl (C=O) groups excluding carboxylic acids is 2. The molecule has 3 amide bonds. The Bertz CT molecular complexity index is 769. The first-order chi connectivity index (χ1) is 11.2. The second-order valence-corrected chi connectivity index (χ2v) is 5.14. The van der Waals surface area contributed by atoms with E-state index in [9.17, 15) is 9.59 Å². The van der Waals surface area contributed by atoms with E-state index in [1.54, 1.807) is 19.3 Å². The van der Waals surface area contributed by atoms with Gasteiger partial charge < -0.3 is 10.1 Å². The molecule has 0 radical (unpaired) electrons. The molecule has 23 heavy (non-hydrogen) atoms. The predicted molar refractivity (Wildman–Crippen MR) is 86.5 cm³/mol. The molecule has 3 rings (SSSR count). The Kier molecular flexibility index (Phi) is 4.10. The highest BCUT2D eigenvalue weighted by molar-refractivity contribution is 6.13. The summed E-state index contributed by atoms with van der Waals surface area (Å²) in [4.78, 5) is 25.7. The van der Waals surface area contributed by atoms with E-state index in [4.69, 9.17) is 4.74 Å². The Morgan fingerprint density at radius 3 is 2.61 bits per heavy atom. The number of benzene rings is 2. The molecule has 1 heterocycles. The molecule has 1 aliphatic heterocycles. The largest absolute Gasteiger partial charge is 0.497 e. The summed E-state index contributed by atoms with van der Waals surface area (Å²) < 4.78 is 5.16. The molecule has 0 aliphatic carbocycles. The monoisotopic (exact) mass is 308 g/mol. The number of carbonyl (C=O) groups is 2. The van der Waals surface area contributed by atoms with Crippen LogP contribution in [0.4, 0.5) is 4.79 Å². The Hall–Kier alpha value is -3.08. The van der Waals surface area contributed by atoms with Crippen LogP contribution in [0.15, 0.2) is 60.3 Å². The van der Waals surface area contributed by atoms with Gasteiger partial charge in [0.25, 0.3) is 5.91 Å². The number of nitrogens with one attached hydrogen (secondary N) is 1. The summed E-state index contributed by atoms with van der Waals surface area (Å²) in [5, 5.41) is 2.62. The summed E-state index contributed by atoms with van der Waals surface area (Å²) in [5.41, 5.74) is 1.95. The third-order valence-corrected chi connectivity index (χ3v) is 3.55. The molecule has 0 saturated carbocycles. The quantitative estimate of drug-likeness (QED) is 0.698. The molecule has 0 unspecified atom stereocenters. The third-order valence-electron chi connectivity index (χ3n) is 3.55. The van der Waals surface area contributed by atoms with Crippen molar-refractivity contribution in [3.63, 3.8) is 0 Å². The highest BCUT2D eigenvalue weighted by Gasteiger charge is 2.33. The minimum atomic E-state index is -0.409. The van der Waals surface area contributed by atoms with Crippen molar-refractivity contribution in [2.75, 3.05) is 7.11 Å². The van der Waals surface area contributed by atoms with Gasteiger partial charge in [-0.3, -0.25) is 9.69 Å². The van der Waals surface area contributed by atoms with Crippen molar-refractivity contribution in [1.29, 1.82) is 0 Å². The number of imide groups is 1. The van der Waals surface area contributed by atoms with Crippen molar-refractivity contribution in [1.82, 2.24) is 10.2 Å². The first-order valence-electron chi connectivity index (χ1n) is 7.20. The van der Waals surface area contributed by atoms with Crippen molar-refractivity contribution in [3.05, 3.63) is 71.4 Å². The lowest BCUT2D eigenvalue weighted by Gasteiger charge is -2.11. The van der Waals surface area contributed by atoms with Gasteiger partial charge in [-0.25, -0.2) is 4.79 Å². The van der Waals surface area contributed by atoms with Gasteiger partial charge in [0.1, 0.15) is 11.4 Å². The summed E-state index contributed by atoms with van der Waals surface area (Å²) in [6, 6.07) is 16.3. The summed E-state index contributed by atoms with van der Waals surface area (Å²) in [6.07, 6.45) is 1.65. The fourth-order valence-electron chi connectivity index (χ4n) is 2.38. The average molecular weight is 308 g/mol. The second-order valence-electron chi connectivity index (χ2n) is 5.14. The standard InChI is InChI=1S/C18H16N2O3/c1-23-15-9-5-8-14(10-15)11-16-17(21)20(18(22)19-16)12-13-6-3-2-4-7-13/h2-11H,12H2,1H3,(H,19,22)/b16-11+. The Balaban J connectivity index is 1.81. The summed E-state index contributed by atoms with van der Waals surface area (Å²) >= 11 is 0. The number of hydrogen-bond donors (Lipinski definition) is 1. The summed E-state index contributed by atoms with van der Waals surface area (Å²) in [7, 11) is 1.58. The van der Waals surface area contributed by atoms with Crippen LogP contribution in [0.5, 0.6) is 5.75 Å². The van der Waals surface area contributed by atoms with Crippen LogP contribution in [0.25, 0.3) is 6.08 Å². The van der Waals surface area contributed by atoms with E-state index < -0.39 is 6.03 Å². The molecule has 0 spiro atoms. The second kappa shape index (κ2) is 6.36. The molecule has 0 bridgehead atoms. The van der Waals surface area contributed by atoms with Crippen LogP contribution in [0.1, 0.15) is 11.1 Å². The maximum absolute atomic E-state index is 12.4. The fraction of sp³-hybridized carbons (Fsp3) is 0.111. The zero-order valence-electron chi connectivity index (χ0n) is 12.7. The highest BCUT2D eigenvalue weighted by atomic mass is 16.5. The maximum Gasteiger partial charge on any atom is 0.329 e. The Labute approximate surface area is 134 Å². The molecular weight excluding hydrogens is 292 g/mol. The lowest BCUT2D eigenvalue weighted by Crippen LogP contribution is -2.30. The van der Waals surface area contributed by atoms with Crippen LogP contribution in [-0.4, -0.2) is 23.9 Å². The molecule has 0 atom stereocenters. The van der Waals surface area contributed by atoms with Gasteiger partial charge in [-0.2, -0.15) is 0 Å². The Morgan fingerprint density at radius 1 is 1.09 bits per heavy atom. The van der Waals surface area contributed by atoms with Crippen molar-refractivity contribution in [2.24, 2.45) is 0 Å². The molecule has 2 aromatic carbocycles. The minimum Gasteiger partial charge on any atom is -0.497 e. The van der Waals surface area contributed by atoms with E-state index in [-0.39, 0.29) is 18.1 Å². The van der Waals surface area contributed by atoms with E-state index >= 15 is 0 Å². The SMILES string of the molecule is COc1cccc(/C=C2/NC(=O)N(Cc3ccccc3)C2=O)c1. The number of methoxy groups -OCH3 is 1.